The molecule has 10 aromatic rings. The van der Waals surface area contributed by atoms with Crippen molar-refractivity contribution in [2.45, 2.75) is 0 Å². The van der Waals surface area contributed by atoms with E-state index in [1.807, 2.05) is 36.4 Å². The topological polar surface area (TPSA) is 64.5 Å². The van der Waals surface area contributed by atoms with Gasteiger partial charge in [-0.1, -0.05) is 127 Å². The second-order valence-corrected chi connectivity index (χ2v) is 12.9. The molecule has 0 bridgehead atoms. The van der Waals surface area contributed by atoms with Crippen LogP contribution in [0.4, 0.5) is 0 Å². The number of hydrogen-bond donors (Lipinski definition) is 0. The summed E-state index contributed by atoms with van der Waals surface area (Å²) in [7, 11) is 0. The van der Waals surface area contributed by atoms with E-state index in [4.69, 9.17) is 19.9 Å². The molecule has 0 radical (unpaired) electrons. The molecule has 6 aromatic carbocycles. The van der Waals surface area contributed by atoms with E-state index in [0.29, 0.717) is 5.82 Å². The maximum absolute atomic E-state index is 5.29. The summed E-state index contributed by atoms with van der Waals surface area (Å²) in [6, 6.07) is 58.6. The molecule has 0 atom stereocenters. The van der Waals surface area contributed by atoms with Gasteiger partial charge in [-0.05, 0) is 64.4 Å². The van der Waals surface area contributed by atoms with Crippen molar-refractivity contribution in [1.29, 1.82) is 0 Å². The Hall–Kier alpha value is -7.11. The van der Waals surface area contributed by atoms with E-state index in [1.54, 1.807) is 6.20 Å². The fourth-order valence-electron chi connectivity index (χ4n) is 7.11. The number of nitrogens with zero attached hydrogens (tertiary/aromatic N) is 5. The molecule has 0 saturated heterocycles. The van der Waals surface area contributed by atoms with E-state index in [0.717, 1.165) is 77.6 Å². The van der Waals surface area contributed by atoms with Crippen LogP contribution in [-0.4, -0.2) is 24.9 Å². The highest BCUT2D eigenvalue weighted by molar-refractivity contribution is 6.05. The molecule has 5 nitrogen and oxygen atoms in total. The molecule has 5 heteroatoms. The molecule has 52 heavy (non-hydrogen) atoms. The predicted molar refractivity (Wildman–Crippen MR) is 213 cm³/mol. The van der Waals surface area contributed by atoms with Crippen molar-refractivity contribution in [1.82, 2.24) is 24.9 Å². The highest BCUT2D eigenvalue weighted by Gasteiger charge is 2.16. The van der Waals surface area contributed by atoms with Crippen molar-refractivity contribution < 1.29 is 0 Å². The monoisotopic (exact) mass is 663 g/mol. The van der Waals surface area contributed by atoms with Crippen molar-refractivity contribution in [3.05, 3.63) is 176 Å². The van der Waals surface area contributed by atoms with E-state index in [1.165, 1.54) is 16.5 Å². The average Bonchev–Trinajstić information content (AvgIpc) is 3.23. The van der Waals surface area contributed by atoms with Gasteiger partial charge in [0.15, 0.2) is 5.82 Å². The number of pyridine rings is 3. The fourth-order valence-corrected chi connectivity index (χ4v) is 7.11. The van der Waals surface area contributed by atoms with Gasteiger partial charge in [-0.25, -0.2) is 19.9 Å². The zero-order chi connectivity index (χ0) is 34.4. The molecule has 0 fully saturated rings. The van der Waals surface area contributed by atoms with E-state index in [-0.39, 0.29) is 0 Å². The lowest BCUT2D eigenvalue weighted by Gasteiger charge is -2.13. The molecule has 0 saturated carbocycles. The molecule has 0 N–H and O–H groups in total. The van der Waals surface area contributed by atoms with Gasteiger partial charge in [0.1, 0.15) is 0 Å². The first-order chi connectivity index (χ1) is 25.7. The minimum absolute atomic E-state index is 0.668. The van der Waals surface area contributed by atoms with Crippen LogP contribution in [0.25, 0.3) is 99.9 Å². The Morgan fingerprint density at radius 3 is 1.90 bits per heavy atom. The van der Waals surface area contributed by atoms with E-state index < -0.39 is 0 Å². The molecule has 0 unspecified atom stereocenters. The Balaban J connectivity index is 1.09. The number of rotatable bonds is 5. The van der Waals surface area contributed by atoms with Crippen LogP contribution in [0, 0.1) is 0 Å². The van der Waals surface area contributed by atoms with E-state index in [9.17, 15) is 0 Å². The number of fused-ring (bicyclic) bond motifs is 5. The van der Waals surface area contributed by atoms with Crippen LogP contribution in [0.2, 0.25) is 0 Å². The van der Waals surface area contributed by atoms with E-state index in [2.05, 4.69) is 138 Å². The molecule has 10 rings (SSSR count). The van der Waals surface area contributed by atoms with Crippen molar-refractivity contribution in [3.8, 4) is 56.4 Å². The molecule has 0 aliphatic carbocycles. The summed E-state index contributed by atoms with van der Waals surface area (Å²) in [6.45, 7) is 0. The molecule has 242 valence electrons. The predicted octanol–water partition coefficient (Wildman–Crippen LogP) is 11.6. The highest BCUT2D eigenvalue weighted by atomic mass is 14.9. The van der Waals surface area contributed by atoms with Crippen LogP contribution < -0.4 is 0 Å². The van der Waals surface area contributed by atoms with Gasteiger partial charge in [0.25, 0.3) is 0 Å². The molecule has 4 aromatic heterocycles. The Morgan fingerprint density at radius 1 is 0.346 bits per heavy atom. The van der Waals surface area contributed by atoms with Crippen LogP contribution in [-0.2, 0) is 0 Å². The number of aromatic nitrogens is 5. The van der Waals surface area contributed by atoms with Gasteiger partial charge < -0.3 is 0 Å². The van der Waals surface area contributed by atoms with Gasteiger partial charge in [0.2, 0.25) is 0 Å². The van der Waals surface area contributed by atoms with Crippen LogP contribution >= 0.6 is 0 Å². The summed E-state index contributed by atoms with van der Waals surface area (Å²) >= 11 is 0. The molecular weight excluding hydrogens is 635 g/mol. The summed E-state index contributed by atoms with van der Waals surface area (Å²) < 4.78 is 0. The first-order valence-corrected chi connectivity index (χ1v) is 17.3. The third kappa shape index (κ3) is 5.24. The van der Waals surface area contributed by atoms with Crippen molar-refractivity contribution in [3.63, 3.8) is 0 Å². The second-order valence-electron chi connectivity index (χ2n) is 12.9. The summed E-state index contributed by atoms with van der Waals surface area (Å²) in [5, 5.41) is 5.40. The standard InChI is InChI=1S/C47H29N5/c1-2-10-30(11-3-1)33-21-24-37-34(28-33)12-9-16-38(37)46-39-15-4-5-17-41(39)51-47(52-46)36-14-8-13-35(29-36)40-25-22-31-19-20-32-23-26-43(42-18-6-7-27-48-42)50-45(32)44(31)49-40/h1-29H. The number of para-hydroxylation sites is 1. The Labute approximate surface area is 300 Å². The molecule has 0 aliphatic heterocycles. The lowest BCUT2D eigenvalue weighted by molar-refractivity contribution is 1.23. The molecule has 4 heterocycles. The quantitative estimate of drug-likeness (QED) is 0.171. The van der Waals surface area contributed by atoms with Crippen molar-refractivity contribution in [2.24, 2.45) is 0 Å². The SMILES string of the molecule is c1ccc(-c2ccc3c(-c4nc(-c5cccc(-c6ccc7ccc8ccc(-c9ccccn9)nc8c7n6)c5)nc5ccccc45)cccc3c2)cc1. The van der Waals surface area contributed by atoms with Gasteiger partial charge in [0.05, 0.1) is 39.3 Å². The highest BCUT2D eigenvalue weighted by Crippen LogP contribution is 2.36. The van der Waals surface area contributed by atoms with E-state index >= 15 is 0 Å². The maximum atomic E-state index is 5.29. The Kier molecular flexibility index (Phi) is 7.07. The van der Waals surface area contributed by atoms with Crippen molar-refractivity contribution >= 4 is 43.5 Å². The molecule has 0 aliphatic rings. The zero-order valence-electron chi connectivity index (χ0n) is 28.0. The van der Waals surface area contributed by atoms with Crippen LogP contribution in [0.15, 0.2) is 176 Å². The van der Waals surface area contributed by atoms with Gasteiger partial charge in [-0.15, -0.1) is 0 Å². The maximum Gasteiger partial charge on any atom is 0.160 e. The largest absolute Gasteiger partial charge is 0.255 e. The Morgan fingerprint density at radius 2 is 1.06 bits per heavy atom. The average molecular weight is 664 g/mol. The third-order valence-electron chi connectivity index (χ3n) is 9.71. The lowest BCUT2D eigenvalue weighted by atomic mass is 9.96. The first kappa shape index (κ1) is 29.8. The smallest absolute Gasteiger partial charge is 0.160 e. The molecular formula is C47H29N5. The summed E-state index contributed by atoms with van der Waals surface area (Å²) in [6.07, 6.45) is 1.79. The second kappa shape index (κ2) is 12.3. The van der Waals surface area contributed by atoms with Gasteiger partial charge in [-0.3, -0.25) is 4.98 Å². The minimum atomic E-state index is 0.668. The number of benzene rings is 6. The molecule has 0 spiro atoms. The van der Waals surface area contributed by atoms with Gasteiger partial charge >= 0.3 is 0 Å². The number of hydrogen-bond acceptors (Lipinski definition) is 5. The third-order valence-corrected chi connectivity index (χ3v) is 9.71. The van der Waals surface area contributed by atoms with Crippen LogP contribution in [0.5, 0.6) is 0 Å². The lowest BCUT2D eigenvalue weighted by Crippen LogP contribution is -1.96. The van der Waals surface area contributed by atoms with Gasteiger partial charge in [0, 0.05) is 39.0 Å². The normalized spacial score (nSPS) is 11.5. The fraction of sp³-hybridized carbons (Fsp3) is 0. The Bertz CT molecular complexity index is 2960. The molecule has 0 amide bonds. The summed E-state index contributed by atoms with van der Waals surface area (Å²) in [5.74, 6) is 0.668. The summed E-state index contributed by atoms with van der Waals surface area (Å²) in [4.78, 5) is 25.1. The first-order valence-electron chi connectivity index (χ1n) is 17.3. The summed E-state index contributed by atoms with van der Waals surface area (Å²) in [5.41, 5.74) is 11.4. The van der Waals surface area contributed by atoms with Crippen LogP contribution in [0.1, 0.15) is 0 Å². The van der Waals surface area contributed by atoms with Gasteiger partial charge in [-0.2, -0.15) is 0 Å². The van der Waals surface area contributed by atoms with Crippen LogP contribution in [0.3, 0.4) is 0 Å². The van der Waals surface area contributed by atoms with Crippen molar-refractivity contribution in [2.75, 3.05) is 0 Å². The zero-order valence-corrected chi connectivity index (χ0v) is 28.0. The minimum Gasteiger partial charge on any atom is -0.255 e.